The highest BCUT2D eigenvalue weighted by Gasteiger charge is 2.35. The summed E-state index contributed by atoms with van der Waals surface area (Å²) in [5.74, 6) is -0.292. The lowest BCUT2D eigenvalue weighted by Gasteiger charge is -2.22. The molecule has 0 atom stereocenters. The van der Waals surface area contributed by atoms with Gasteiger partial charge in [-0.1, -0.05) is 6.07 Å². The van der Waals surface area contributed by atoms with Crippen molar-refractivity contribution >= 4 is 17.7 Å². The Kier molecular flexibility index (Phi) is 6.06. The van der Waals surface area contributed by atoms with Crippen LogP contribution in [0.3, 0.4) is 0 Å². The molecular weight excluding hydrogens is 372 g/mol. The average Bonchev–Trinajstić information content (AvgIpc) is 3.50. The predicted octanol–water partition coefficient (Wildman–Crippen LogP) is 3.30. The minimum absolute atomic E-state index is 0.0392. The number of benzene rings is 1. The molecule has 1 aromatic carbocycles. The molecule has 0 bridgehead atoms. The molecule has 1 heterocycles. The van der Waals surface area contributed by atoms with Crippen LogP contribution >= 0.6 is 0 Å². The minimum Gasteiger partial charge on any atom is -0.497 e. The molecule has 0 aliphatic heterocycles. The summed E-state index contributed by atoms with van der Waals surface area (Å²) in [4.78, 5) is 42.8. The number of nitrogens with one attached hydrogen (secondary N) is 1. The van der Waals surface area contributed by atoms with Crippen LogP contribution in [0.25, 0.3) is 0 Å². The zero-order chi connectivity index (χ0) is 21.1. The summed E-state index contributed by atoms with van der Waals surface area (Å²) in [6.45, 7) is 5.40. The number of ketones is 1. The van der Waals surface area contributed by atoms with Crippen molar-refractivity contribution in [3.63, 3.8) is 0 Å². The van der Waals surface area contributed by atoms with Gasteiger partial charge in [0.2, 0.25) is 0 Å². The largest absolute Gasteiger partial charge is 0.497 e. The van der Waals surface area contributed by atoms with E-state index in [1.54, 1.807) is 57.0 Å². The number of carbonyl (C=O) groups is 3. The van der Waals surface area contributed by atoms with E-state index in [0.29, 0.717) is 28.1 Å². The number of nitrogens with zero attached hydrogens (tertiary/aromatic N) is 1. The van der Waals surface area contributed by atoms with Gasteiger partial charge in [-0.05, 0) is 57.4 Å². The van der Waals surface area contributed by atoms with Crippen molar-refractivity contribution in [2.75, 3.05) is 20.3 Å². The molecule has 0 saturated heterocycles. The van der Waals surface area contributed by atoms with Crippen molar-refractivity contribution < 1.29 is 23.9 Å². The smallest absolute Gasteiger partial charge is 0.355 e. The average molecular weight is 398 g/mol. The van der Waals surface area contributed by atoms with E-state index >= 15 is 0 Å². The summed E-state index contributed by atoms with van der Waals surface area (Å²) < 4.78 is 10.2. The van der Waals surface area contributed by atoms with Gasteiger partial charge in [-0.2, -0.15) is 0 Å². The molecule has 0 spiro atoms. The van der Waals surface area contributed by atoms with E-state index in [1.807, 2.05) is 0 Å². The first-order valence-corrected chi connectivity index (χ1v) is 9.71. The number of ether oxygens (including phenoxy) is 2. The van der Waals surface area contributed by atoms with Crippen molar-refractivity contribution in [3.8, 4) is 5.75 Å². The molecule has 0 unspecified atom stereocenters. The number of hydrogen-bond donors (Lipinski definition) is 1. The first kappa shape index (κ1) is 20.6. The lowest BCUT2D eigenvalue weighted by Crippen LogP contribution is -2.37. The Morgan fingerprint density at radius 2 is 1.93 bits per heavy atom. The summed E-state index contributed by atoms with van der Waals surface area (Å²) in [5.41, 5.74) is 2.36. The Balaban J connectivity index is 1.84. The highest BCUT2D eigenvalue weighted by atomic mass is 16.5. The van der Waals surface area contributed by atoms with E-state index in [1.165, 1.54) is 0 Å². The minimum atomic E-state index is -0.487. The molecule has 154 valence electrons. The van der Waals surface area contributed by atoms with Crippen LogP contribution in [-0.2, 0) is 4.74 Å². The molecule has 1 N–H and O–H groups in total. The molecule has 1 aliphatic rings. The topological polar surface area (TPSA) is 88.7 Å². The van der Waals surface area contributed by atoms with Crippen molar-refractivity contribution in [2.24, 2.45) is 0 Å². The van der Waals surface area contributed by atoms with Gasteiger partial charge in [-0.3, -0.25) is 9.59 Å². The maximum atomic E-state index is 13.1. The maximum Gasteiger partial charge on any atom is 0.355 e. The second-order valence-corrected chi connectivity index (χ2v) is 7.16. The molecule has 1 fully saturated rings. The van der Waals surface area contributed by atoms with Crippen molar-refractivity contribution in [3.05, 3.63) is 52.3 Å². The van der Waals surface area contributed by atoms with Gasteiger partial charge in [0.05, 0.1) is 20.3 Å². The van der Waals surface area contributed by atoms with E-state index < -0.39 is 5.97 Å². The van der Waals surface area contributed by atoms with Gasteiger partial charge in [0.25, 0.3) is 5.91 Å². The number of hydrogen-bond acceptors (Lipinski definition) is 5. The molecule has 7 heteroatoms. The maximum absolute atomic E-state index is 13.1. The third kappa shape index (κ3) is 4.34. The third-order valence-electron chi connectivity index (χ3n) is 5.08. The first-order chi connectivity index (χ1) is 13.9. The van der Waals surface area contributed by atoms with E-state index in [4.69, 9.17) is 9.47 Å². The van der Waals surface area contributed by atoms with E-state index in [-0.39, 0.29) is 36.6 Å². The molecular formula is C22H26N2O5. The van der Waals surface area contributed by atoms with Gasteiger partial charge in [-0.15, -0.1) is 0 Å². The van der Waals surface area contributed by atoms with Gasteiger partial charge >= 0.3 is 5.97 Å². The third-order valence-corrected chi connectivity index (χ3v) is 5.08. The Hall–Kier alpha value is -3.09. The van der Waals surface area contributed by atoms with Crippen LogP contribution in [-0.4, -0.2) is 53.8 Å². The fourth-order valence-electron chi connectivity index (χ4n) is 3.48. The zero-order valence-electron chi connectivity index (χ0n) is 17.2. The molecule has 1 aliphatic carbocycles. The van der Waals surface area contributed by atoms with Gasteiger partial charge in [0.1, 0.15) is 11.4 Å². The van der Waals surface area contributed by atoms with E-state index in [9.17, 15) is 14.4 Å². The second kappa shape index (κ2) is 8.51. The van der Waals surface area contributed by atoms with E-state index in [2.05, 4.69) is 4.98 Å². The summed E-state index contributed by atoms with van der Waals surface area (Å²) in [7, 11) is 1.55. The van der Waals surface area contributed by atoms with Gasteiger partial charge in [0, 0.05) is 22.9 Å². The Morgan fingerprint density at radius 3 is 2.55 bits per heavy atom. The Morgan fingerprint density at radius 1 is 1.21 bits per heavy atom. The van der Waals surface area contributed by atoms with Crippen LogP contribution in [0.2, 0.25) is 0 Å². The number of aryl methyl sites for hydroxylation is 1. The molecule has 2 aromatic rings. The number of carbonyl (C=O) groups excluding carboxylic acids is 3. The summed E-state index contributed by atoms with van der Waals surface area (Å²) >= 11 is 0. The number of methoxy groups -OCH3 is 1. The Labute approximate surface area is 170 Å². The lowest BCUT2D eigenvalue weighted by molar-refractivity contribution is 0.0519. The van der Waals surface area contributed by atoms with Crippen molar-refractivity contribution in [1.29, 1.82) is 0 Å². The highest BCUT2D eigenvalue weighted by Crippen LogP contribution is 2.30. The molecule has 29 heavy (non-hydrogen) atoms. The zero-order valence-corrected chi connectivity index (χ0v) is 17.2. The van der Waals surface area contributed by atoms with Crippen LogP contribution in [0, 0.1) is 13.8 Å². The fourth-order valence-corrected chi connectivity index (χ4v) is 3.48. The summed E-state index contributed by atoms with van der Waals surface area (Å²) in [5, 5.41) is 0. The van der Waals surface area contributed by atoms with Crippen molar-refractivity contribution in [1.82, 2.24) is 9.88 Å². The standard InChI is InChI=1S/C22H26N2O5/c1-5-29-22(27)20-13(2)19(14(3)23-20)18(25)12-24(16-9-10-16)21(26)15-7-6-8-17(11-15)28-4/h6-8,11,16,23H,5,9-10,12H2,1-4H3. The monoisotopic (exact) mass is 398 g/mol. The molecule has 3 rings (SSSR count). The molecule has 1 amide bonds. The van der Waals surface area contributed by atoms with Crippen LogP contribution in [0.4, 0.5) is 0 Å². The highest BCUT2D eigenvalue weighted by molar-refractivity contribution is 6.06. The van der Waals surface area contributed by atoms with Crippen LogP contribution in [0.5, 0.6) is 5.75 Å². The quantitative estimate of drug-likeness (QED) is 0.544. The predicted molar refractivity (Wildman–Crippen MR) is 108 cm³/mol. The normalized spacial score (nSPS) is 13.1. The second-order valence-electron chi connectivity index (χ2n) is 7.16. The number of amides is 1. The summed E-state index contributed by atoms with van der Waals surface area (Å²) in [6, 6.07) is 6.98. The summed E-state index contributed by atoms with van der Waals surface area (Å²) in [6.07, 6.45) is 1.75. The van der Waals surface area contributed by atoms with Gasteiger partial charge < -0.3 is 19.4 Å². The molecule has 7 nitrogen and oxygen atoms in total. The van der Waals surface area contributed by atoms with Crippen LogP contribution < -0.4 is 4.74 Å². The number of aromatic nitrogens is 1. The molecule has 0 radical (unpaired) electrons. The first-order valence-electron chi connectivity index (χ1n) is 9.71. The fraction of sp³-hybridized carbons (Fsp3) is 0.409. The van der Waals surface area contributed by atoms with E-state index in [0.717, 1.165) is 12.8 Å². The number of aromatic amines is 1. The number of H-pyrrole nitrogens is 1. The number of rotatable bonds is 8. The van der Waals surface area contributed by atoms with Gasteiger partial charge in [-0.25, -0.2) is 4.79 Å². The van der Waals surface area contributed by atoms with Crippen LogP contribution in [0.15, 0.2) is 24.3 Å². The SMILES string of the molecule is CCOC(=O)c1[nH]c(C)c(C(=O)CN(C(=O)c2cccc(OC)c2)C2CC2)c1C. The molecule has 1 aromatic heterocycles. The Bertz CT molecular complexity index is 943. The molecule has 1 saturated carbocycles. The number of Topliss-reactive ketones (excluding diaryl/α,β-unsaturated/α-hetero) is 1. The lowest BCUT2D eigenvalue weighted by atomic mass is 10.0. The van der Waals surface area contributed by atoms with Crippen molar-refractivity contribution in [2.45, 2.75) is 39.7 Å². The van der Waals surface area contributed by atoms with Crippen LogP contribution in [0.1, 0.15) is 62.2 Å². The van der Waals surface area contributed by atoms with Gasteiger partial charge in [0.15, 0.2) is 5.78 Å². The number of esters is 1.